The minimum atomic E-state index is -0.582. The first-order valence-electron chi connectivity index (χ1n) is 6.26. The van der Waals surface area contributed by atoms with Crippen LogP contribution < -0.4 is 10.2 Å². The van der Waals surface area contributed by atoms with Gasteiger partial charge >= 0.3 is 5.97 Å². The monoisotopic (exact) mass is 295 g/mol. The van der Waals surface area contributed by atoms with Gasteiger partial charge in [-0.3, -0.25) is 19.7 Å². The number of carbonyl (C=O) groups excluding carboxylic acids is 2. The predicted octanol–water partition coefficient (Wildman–Crippen LogP) is 0.954. The molecule has 0 aromatic heterocycles. The highest BCUT2D eigenvalue weighted by Crippen LogP contribution is 2.29. The van der Waals surface area contributed by atoms with E-state index < -0.39 is 16.8 Å². The molecular weight excluding hydrogens is 278 g/mol. The number of esters is 1. The Morgan fingerprint density at radius 3 is 2.57 bits per heavy atom. The van der Waals surface area contributed by atoms with Gasteiger partial charge in [-0.2, -0.15) is 0 Å². The van der Waals surface area contributed by atoms with Crippen LogP contribution in [-0.2, 0) is 9.53 Å². The van der Waals surface area contributed by atoms with Crippen LogP contribution in [-0.4, -0.2) is 44.0 Å². The molecule has 114 valence electrons. The van der Waals surface area contributed by atoms with Crippen LogP contribution in [0.1, 0.15) is 17.3 Å². The molecule has 1 rings (SSSR count). The second kappa shape index (κ2) is 7.22. The standard InChI is InChI=1S/C13H17N3O5/c1-4-15(8-12(17)21-3)10-6-5-9(13(18)14-2)7-11(10)16(19)20/h5-7H,4,8H2,1-3H3,(H,14,18). The maximum absolute atomic E-state index is 11.5. The second-order valence-corrected chi connectivity index (χ2v) is 4.13. The first kappa shape index (κ1) is 16.4. The molecule has 0 unspecified atom stereocenters. The molecule has 0 aliphatic rings. The molecule has 0 spiro atoms. The molecule has 8 nitrogen and oxygen atoms in total. The van der Waals surface area contributed by atoms with Crippen LogP contribution in [0.5, 0.6) is 0 Å². The maximum Gasteiger partial charge on any atom is 0.325 e. The van der Waals surface area contributed by atoms with Crippen molar-refractivity contribution in [3.8, 4) is 0 Å². The zero-order valence-electron chi connectivity index (χ0n) is 12.1. The normalized spacial score (nSPS) is 9.86. The Labute approximate surface area is 121 Å². The fraction of sp³-hybridized carbons (Fsp3) is 0.385. The molecule has 0 aliphatic carbocycles. The molecule has 0 saturated carbocycles. The summed E-state index contributed by atoms with van der Waals surface area (Å²) in [6.45, 7) is 2.04. The average Bonchev–Trinajstić information content (AvgIpc) is 2.50. The zero-order valence-corrected chi connectivity index (χ0v) is 12.1. The Balaban J connectivity index is 3.24. The number of rotatable bonds is 6. The molecule has 0 saturated heterocycles. The molecular formula is C13H17N3O5. The maximum atomic E-state index is 11.5. The van der Waals surface area contributed by atoms with E-state index in [2.05, 4.69) is 10.1 Å². The highest BCUT2D eigenvalue weighted by Gasteiger charge is 2.22. The Kier molecular flexibility index (Phi) is 5.65. The summed E-state index contributed by atoms with van der Waals surface area (Å²) < 4.78 is 4.57. The molecule has 8 heteroatoms. The van der Waals surface area contributed by atoms with Gasteiger partial charge in [0.1, 0.15) is 12.2 Å². The van der Waals surface area contributed by atoms with E-state index in [4.69, 9.17) is 0 Å². The molecule has 0 bridgehead atoms. The quantitative estimate of drug-likeness (QED) is 0.476. The molecule has 0 fully saturated rings. The minimum Gasteiger partial charge on any atom is -0.468 e. The number of nitro benzene ring substituents is 1. The van der Waals surface area contributed by atoms with Crippen LogP contribution in [0.15, 0.2) is 18.2 Å². The van der Waals surface area contributed by atoms with Gasteiger partial charge in [0.05, 0.1) is 12.0 Å². The van der Waals surface area contributed by atoms with Crippen LogP contribution >= 0.6 is 0 Å². The summed E-state index contributed by atoms with van der Waals surface area (Å²) in [7, 11) is 2.69. The lowest BCUT2D eigenvalue weighted by atomic mass is 10.1. The molecule has 0 heterocycles. The van der Waals surface area contributed by atoms with Crippen molar-refractivity contribution in [2.75, 3.05) is 32.1 Å². The number of likely N-dealkylation sites (N-methyl/N-ethyl adjacent to an activating group) is 1. The second-order valence-electron chi connectivity index (χ2n) is 4.13. The summed E-state index contributed by atoms with van der Waals surface area (Å²) in [5.41, 5.74) is 0.212. The van der Waals surface area contributed by atoms with Gasteiger partial charge in [-0.05, 0) is 19.1 Å². The number of hydrogen-bond donors (Lipinski definition) is 1. The van der Waals surface area contributed by atoms with Crippen molar-refractivity contribution < 1.29 is 19.2 Å². The van der Waals surface area contributed by atoms with Crippen molar-refractivity contribution in [1.29, 1.82) is 0 Å². The van der Waals surface area contributed by atoms with Crippen LogP contribution in [0.2, 0.25) is 0 Å². The Hall–Kier alpha value is -2.64. The average molecular weight is 295 g/mol. The van der Waals surface area contributed by atoms with Gasteiger partial charge < -0.3 is 15.0 Å². The number of nitro groups is 1. The Morgan fingerprint density at radius 2 is 2.10 bits per heavy atom. The van der Waals surface area contributed by atoms with Gasteiger partial charge in [0.15, 0.2) is 0 Å². The molecule has 1 amide bonds. The highest BCUT2D eigenvalue weighted by atomic mass is 16.6. The van der Waals surface area contributed by atoms with Gasteiger partial charge in [-0.25, -0.2) is 0 Å². The fourth-order valence-electron chi connectivity index (χ4n) is 1.81. The van der Waals surface area contributed by atoms with Gasteiger partial charge in [0.25, 0.3) is 11.6 Å². The molecule has 0 radical (unpaired) electrons. The summed E-state index contributed by atoms with van der Waals surface area (Å²) in [5, 5.41) is 13.6. The third-order valence-electron chi connectivity index (χ3n) is 2.93. The lowest BCUT2D eigenvalue weighted by Crippen LogP contribution is -2.31. The van der Waals surface area contributed by atoms with E-state index >= 15 is 0 Å². The third-order valence-corrected chi connectivity index (χ3v) is 2.93. The number of hydrogen-bond acceptors (Lipinski definition) is 6. The van der Waals surface area contributed by atoms with E-state index in [0.29, 0.717) is 6.54 Å². The van der Waals surface area contributed by atoms with Crippen molar-refractivity contribution in [1.82, 2.24) is 5.32 Å². The Morgan fingerprint density at radius 1 is 1.43 bits per heavy atom. The number of benzene rings is 1. The van der Waals surface area contributed by atoms with Crippen molar-refractivity contribution >= 4 is 23.3 Å². The minimum absolute atomic E-state index is 0.104. The molecule has 1 aromatic carbocycles. The molecule has 0 atom stereocenters. The lowest BCUT2D eigenvalue weighted by molar-refractivity contribution is -0.384. The summed E-state index contributed by atoms with van der Waals surface area (Å²) in [5.74, 6) is -0.915. The van der Waals surface area contributed by atoms with Gasteiger partial charge in [-0.1, -0.05) is 0 Å². The van der Waals surface area contributed by atoms with E-state index in [9.17, 15) is 19.7 Å². The first-order chi connectivity index (χ1) is 9.94. The van der Waals surface area contributed by atoms with Gasteiger partial charge in [0, 0.05) is 25.2 Å². The summed E-state index contributed by atoms with van der Waals surface area (Å²) in [6, 6.07) is 4.12. The van der Waals surface area contributed by atoms with Crippen molar-refractivity contribution in [2.45, 2.75) is 6.92 Å². The van der Waals surface area contributed by atoms with Crippen molar-refractivity contribution in [3.05, 3.63) is 33.9 Å². The molecule has 1 aromatic rings. The van der Waals surface area contributed by atoms with E-state index in [1.807, 2.05) is 0 Å². The number of nitrogens with one attached hydrogen (secondary N) is 1. The molecule has 1 N–H and O–H groups in total. The van der Waals surface area contributed by atoms with Crippen LogP contribution in [0, 0.1) is 10.1 Å². The van der Waals surface area contributed by atoms with Crippen LogP contribution in [0.3, 0.4) is 0 Å². The summed E-state index contributed by atoms with van der Waals surface area (Å²) >= 11 is 0. The number of anilines is 1. The van der Waals surface area contributed by atoms with Crippen LogP contribution in [0.4, 0.5) is 11.4 Å². The lowest BCUT2D eigenvalue weighted by Gasteiger charge is -2.21. The first-order valence-corrected chi connectivity index (χ1v) is 6.26. The third kappa shape index (κ3) is 3.91. The predicted molar refractivity (Wildman–Crippen MR) is 76.4 cm³/mol. The molecule has 0 aliphatic heterocycles. The van der Waals surface area contributed by atoms with Crippen LogP contribution in [0.25, 0.3) is 0 Å². The highest BCUT2D eigenvalue weighted by molar-refractivity contribution is 5.95. The van der Waals surface area contributed by atoms with Gasteiger partial charge in [-0.15, -0.1) is 0 Å². The van der Waals surface area contributed by atoms with Crippen molar-refractivity contribution in [2.24, 2.45) is 0 Å². The van der Waals surface area contributed by atoms with E-state index in [-0.39, 0.29) is 23.5 Å². The summed E-state index contributed by atoms with van der Waals surface area (Å²) in [6.07, 6.45) is 0. The van der Waals surface area contributed by atoms with Gasteiger partial charge in [0.2, 0.25) is 0 Å². The number of carbonyl (C=O) groups is 2. The number of amides is 1. The smallest absolute Gasteiger partial charge is 0.325 e. The topological polar surface area (TPSA) is 102 Å². The zero-order chi connectivity index (χ0) is 16.0. The van der Waals surface area contributed by atoms with E-state index in [0.717, 1.165) is 0 Å². The molecule has 21 heavy (non-hydrogen) atoms. The van der Waals surface area contributed by atoms with Crippen molar-refractivity contribution in [3.63, 3.8) is 0 Å². The summed E-state index contributed by atoms with van der Waals surface area (Å²) in [4.78, 5) is 35.0. The number of ether oxygens (including phenoxy) is 1. The Bertz CT molecular complexity index is 559. The number of methoxy groups -OCH3 is 1. The number of nitrogens with zero attached hydrogens (tertiary/aromatic N) is 2. The largest absolute Gasteiger partial charge is 0.468 e. The fourth-order valence-corrected chi connectivity index (χ4v) is 1.81. The SMILES string of the molecule is CCN(CC(=O)OC)c1ccc(C(=O)NC)cc1[N+](=O)[O-]. The van der Waals surface area contributed by atoms with E-state index in [1.54, 1.807) is 6.92 Å². The van der Waals surface area contributed by atoms with E-state index in [1.165, 1.54) is 37.3 Å².